The highest BCUT2D eigenvalue weighted by Gasteiger charge is 2.38. The standard InChI is InChI=1S/C19H25N7O2/c1-11-3-4-13-9-24(11)7-12-8-25(10-15(12)27)19(28)14-6-21-26-17(20-2)5-16(22-13)23-18(14)26/h5-6,12-13,15,20,27H,1,3-4,7-10H2,2H3,(H,22,23)/t12-,13?,15+/m0/s1. The fourth-order valence-corrected chi connectivity index (χ4v) is 4.53. The van der Waals surface area contributed by atoms with Crippen molar-refractivity contribution >= 4 is 23.2 Å². The topological polar surface area (TPSA) is 98.0 Å². The van der Waals surface area contributed by atoms with E-state index in [9.17, 15) is 9.90 Å². The molecule has 0 aliphatic carbocycles. The van der Waals surface area contributed by atoms with Gasteiger partial charge in [-0.15, -0.1) is 0 Å². The highest BCUT2D eigenvalue weighted by Crippen LogP contribution is 2.29. The Morgan fingerprint density at radius 1 is 1.29 bits per heavy atom. The number of anilines is 2. The molecule has 2 aromatic heterocycles. The Kier molecular flexibility index (Phi) is 3.94. The van der Waals surface area contributed by atoms with Crippen molar-refractivity contribution in [2.45, 2.75) is 25.0 Å². The van der Waals surface area contributed by atoms with E-state index < -0.39 is 6.10 Å². The molecule has 0 spiro atoms. The summed E-state index contributed by atoms with van der Waals surface area (Å²) in [4.78, 5) is 21.8. The van der Waals surface area contributed by atoms with Crippen LogP contribution in [0.5, 0.6) is 0 Å². The number of carbonyl (C=O) groups is 1. The van der Waals surface area contributed by atoms with E-state index in [4.69, 9.17) is 4.98 Å². The van der Waals surface area contributed by atoms with Crippen LogP contribution in [0.2, 0.25) is 0 Å². The molecule has 3 aliphatic heterocycles. The molecule has 3 atom stereocenters. The van der Waals surface area contributed by atoms with Crippen LogP contribution in [0.4, 0.5) is 11.6 Å². The lowest BCUT2D eigenvalue weighted by Gasteiger charge is -2.38. The zero-order chi connectivity index (χ0) is 19.4. The summed E-state index contributed by atoms with van der Waals surface area (Å²) in [5.41, 5.74) is 2.08. The molecule has 1 amide bonds. The molecule has 5 heterocycles. The molecule has 0 radical (unpaired) electrons. The van der Waals surface area contributed by atoms with Crippen LogP contribution in [-0.4, -0.2) is 80.8 Å². The monoisotopic (exact) mass is 383 g/mol. The van der Waals surface area contributed by atoms with Gasteiger partial charge >= 0.3 is 0 Å². The number of nitrogens with one attached hydrogen (secondary N) is 2. The molecule has 6 bridgehead atoms. The Balaban J connectivity index is 1.63. The van der Waals surface area contributed by atoms with Gasteiger partial charge in [0, 0.05) is 56.9 Å². The molecule has 9 heteroatoms. The first-order valence-corrected chi connectivity index (χ1v) is 9.76. The fourth-order valence-electron chi connectivity index (χ4n) is 4.53. The molecule has 2 aromatic rings. The minimum Gasteiger partial charge on any atom is -0.391 e. The van der Waals surface area contributed by atoms with Crippen LogP contribution >= 0.6 is 0 Å². The van der Waals surface area contributed by atoms with Gasteiger partial charge in [-0.05, 0) is 12.8 Å². The van der Waals surface area contributed by atoms with E-state index in [-0.39, 0.29) is 17.9 Å². The molecule has 2 fully saturated rings. The number of aromatic nitrogens is 3. The van der Waals surface area contributed by atoms with Crippen LogP contribution in [-0.2, 0) is 0 Å². The molecule has 0 aromatic carbocycles. The number of hydrogen-bond donors (Lipinski definition) is 3. The van der Waals surface area contributed by atoms with E-state index in [0.29, 0.717) is 30.8 Å². The number of piperidine rings is 1. The van der Waals surface area contributed by atoms with Crippen LogP contribution in [0.25, 0.3) is 5.65 Å². The molecule has 2 saturated heterocycles. The SMILES string of the molecule is C=C1CCC2CN1C[C@H]1CN(C[C@H]1O)C(=O)c1cnn3c(NC)cc(nc13)N2. The third-order valence-electron chi connectivity index (χ3n) is 6.13. The Bertz CT molecular complexity index is 955. The summed E-state index contributed by atoms with van der Waals surface area (Å²) >= 11 is 0. The lowest BCUT2D eigenvalue weighted by atomic mass is 9.99. The highest BCUT2D eigenvalue weighted by molar-refractivity contribution is 6.00. The summed E-state index contributed by atoms with van der Waals surface area (Å²) in [5, 5.41) is 21.6. The maximum Gasteiger partial charge on any atom is 0.259 e. The summed E-state index contributed by atoms with van der Waals surface area (Å²) in [6.07, 6.45) is 2.91. The minimum atomic E-state index is -0.536. The van der Waals surface area contributed by atoms with Gasteiger partial charge in [0.1, 0.15) is 17.2 Å². The van der Waals surface area contributed by atoms with Crippen LogP contribution in [0.15, 0.2) is 24.5 Å². The molecule has 28 heavy (non-hydrogen) atoms. The van der Waals surface area contributed by atoms with Crippen molar-refractivity contribution in [2.24, 2.45) is 5.92 Å². The second-order valence-electron chi connectivity index (χ2n) is 7.96. The van der Waals surface area contributed by atoms with Crippen molar-refractivity contribution in [3.63, 3.8) is 0 Å². The average molecular weight is 383 g/mol. The zero-order valence-electron chi connectivity index (χ0n) is 15.9. The van der Waals surface area contributed by atoms with Crippen LogP contribution in [0.3, 0.4) is 0 Å². The van der Waals surface area contributed by atoms with Gasteiger partial charge < -0.3 is 25.5 Å². The van der Waals surface area contributed by atoms with Gasteiger partial charge in [-0.2, -0.15) is 9.61 Å². The average Bonchev–Trinajstić information content (AvgIpc) is 3.26. The van der Waals surface area contributed by atoms with Gasteiger partial charge in [0.15, 0.2) is 5.65 Å². The van der Waals surface area contributed by atoms with Gasteiger partial charge in [-0.1, -0.05) is 6.58 Å². The van der Waals surface area contributed by atoms with Crippen molar-refractivity contribution in [3.8, 4) is 0 Å². The van der Waals surface area contributed by atoms with Crippen molar-refractivity contribution in [3.05, 3.63) is 30.1 Å². The van der Waals surface area contributed by atoms with Gasteiger partial charge in [0.05, 0.1) is 12.3 Å². The Labute approximate surface area is 163 Å². The number of amides is 1. The van der Waals surface area contributed by atoms with Gasteiger partial charge in [-0.3, -0.25) is 4.79 Å². The molecule has 9 nitrogen and oxygen atoms in total. The Hall–Kier alpha value is -2.81. The fraction of sp³-hybridized carbons (Fsp3) is 0.526. The lowest BCUT2D eigenvalue weighted by molar-refractivity contribution is 0.0766. The number of rotatable bonds is 1. The summed E-state index contributed by atoms with van der Waals surface area (Å²) in [7, 11) is 1.82. The first-order valence-electron chi connectivity index (χ1n) is 9.76. The number of carbonyl (C=O) groups excluding carboxylic acids is 1. The molecule has 0 saturated carbocycles. The number of hydrogen-bond acceptors (Lipinski definition) is 7. The quantitative estimate of drug-likeness (QED) is 0.664. The van der Waals surface area contributed by atoms with Crippen LogP contribution < -0.4 is 10.6 Å². The van der Waals surface area contributed by atoms with Crippen molar-refractivity contribution in [1.82, 2.24) is 24.4 Å². The maximum atomic E-state index is 13.2. The van der Waals surface area contributed by atoms with E-state index in [0.717, 1.165) is 36.7 Å². The molecular weight excluding hydrogens is 358 g/mol. The molecule has 148 valence electrons. The van der Waals surface area contributed by atoms with E-state index in [1.165, 1.54) is 0 Å². The largest absolute Gasteiger partial charge is 0.391 e. The smallest absolute Gasteiger partial charge is 0.259 e. The number of allylic oxidation sites excluding steroid dienone is 1. The van der Waals surface area contributed by atoms with Crippen molar-refractivity contribution in [2.75, 3.05) is 43.9 Å². The zero-order valence-corrected chi connectivity index (χ0v) is 15.9. The second-order valence-corrected chi connectivity index (χ2v) is 7.96. The second kappa shape index (κ2) is 6.37. The number of aliphatic hydroxyl groups excluding tert-OH is 1. The maximum absolute atomic E-state index is 13.2. The predicted octanol–water partition coefficient (Wildman–Crippen LogP) is 0.608. The molecule has 1 unspecified atom stereocenters. The molecule has 5 rings (SSSR count). The number of aliphatic hydroxyl groups is 1. The van der Waals surface area contributed by atoms with Crippen LogP contribution in [0.1, 0.15) is 23.2 Å². The minimum absolute atomic E-state index is 0.00945. The highest BCUT2D eigenvalue weighted by atomic mass is 16.3. The Morgan fingerprint density at radius 2 is 2.11 bits per heavy atom. The summed E-state index contributed by atoms with van der Waals surface area (Å²) in [6.45, 7) is 6.59. The first kappa shape index (κ1) is 17.3. The lowest BCUT2D eigenvalue weighted by Crippen LogP contribution is -2.44. The van der Waals surface area contributed by atoms with Gasteiger partial charge in [0.2, 0.25) is 0 Å². The summed E-state index contributed by atoms with van der Waals surface area (Å²) in [5.74, 6) is 1.36. The van der Waals surface area contributed by atoms with Crippen LogP contribution in [0, 0.1) is 5.92 Å². The van der Waals surface area contributed by atoms with E-state index in [2.05, 4.69) is 27.2 Å². The van der Waals surface area contributed by atoms with E-state index in [1.54, 1.807) is 15.6 Å². The summed E-state index contributed by atoms with van der Waals surface area (Å²) in [6, 6.07) is 2.14. The number of fused-ring (bicyclic) bond motifs is 5. The van der Waals surface area contributed by atoms with Crippen molar-refractivity contribution in [1.29, 1.82) is 0 Å². The number of nitrogens with zero attached hydrogens (tertiary/aromatic N) is 5. The van der Waals surface area contributed by atoms with E-state index in [1.807, 2.05) is 13.1 Å². The van der Waals surface area contributed by atoms with Gasteiger partial charge in [0.25, 0.3) is 5.91 Å². The third kappa shape index (κ3) is 2.69. The first-order chi connectivity index (χ1) is 13.5. The Morgan fingerprint density at radius 3 is 2.93 bits per heavy atom. The third-order valence-corrected chi connectivity index (χ3v) is 6.13. The van der Waals surface area contributed by atoms with Crippen molar-refractivity contribution < 1.29 is 9.90 Å². The molecular formula is C19H25N7O2. The van der Waals surface area contributed by atoms with Gasteiger partial charge in [-0.25, -0.2) is 4.98 Å². The normalized spacial score (nSPS) is 27.4. The molecule has 3 N–H and O–H groups in total. The van der Waals surface area contributed by atoms with E-state index >= 15 is 0 Å². The summed E-state index contributed by atoms with van der Waals surface area (Å²) < 4.78 is 1.65. The predicted molar refractivity (Wildman–Crippen MR) is 105 cm³/mol. The molecule has 3 aliphatic rings.